The second kappa shape index (κ2) is 11.1. The molecule has 0 aliphatic heterocycles. The quantitative estimate of drug-likeness (QED) is 0.426. The highest BCUT2D eigenvalue weighted by Crippen LogP contribution is 2.36. The van der Waals surface area contributed by atoms with Crippen molar-refractivity contribution in [2.24, 2.45) is 5.73 Å². The Bertz CT molecular complexity index is 1040. The van der Waals surface area contributed by atoms with Crippen molar-refractivity contribution >= 4 is 17.9 Å². The van der Waals surface area contributed by atoms with Gasteiger partial charge in [-0.1, -0.05) is 25.6 Å². The summed E-state index contributed by atoms with van der Waals surface area (Å²) in [4.78, 5) is 20.2. The van der Waals surface area contributed by atoms with Crippen molar-refractivity contribution in [1.29, 1.82) is 0 Å². The van der Waals surface area contributed by atoms with Crippen molar-refractivity contribution in [2.75, 3.05) is 6.61 Å². The predicted molar refractivity (Wildman–Crippen MR) is 119 cm³/mol. The predicted octanol–water partition coefficient (Wildman–Crippen LogP) is 5.10. The van der Waals surface area contributed by atoms with Crippen molar-refractivity contribution < 1.29 is 18.3 Å². The lowest BCUT2D eigenvalue weighted by Crippen LogP contribution is -2.15. The molecule has 0 fully saturated rings. The maximum Gasteiger partial charge on any atom is 0.404 e. The molecule has 0 saturated carbocycles. The number of halogens is 2. The van der Waals surface area contributed by atoms with Gasteiger partial charge in [0, 0.05) is 36.3 Å². The zero-order chi connectivity index (χ0) is 23.1. The molecule has 0 spiro atoms. The van der Waals surface area contributed by atoms with Gasteiger partial charge in [-0.05, 0) is 48.6 Å². The molecule has 3 aromatic rings. The summed E-state index contributed by atoms with van der Waals surface area (Å²) in [6, 6.07) is 7.40. The van der Waals surface area contributed by atoms with Crippen molar-refractivity contribution in [3.63, 3.8) is 0 Å². The van der Waals surface area contributed by atoms with Crippen LogP contribution in [0, 0.1) is 11.6 Å². The average Bonchev–Trinajstić information content (AvgIpc) is 3.07. The fourth-order valence-electron chi connectivity index (χ4n) is 3.30. The summed E-state index contributed by atoms with van der Waals surface area (Å²) in [6.07, 6.45) is 4.56. The number of hydrogen-bond donors (Lipinski definition) is 1. The van der Waals surface area contributed by atoms with E-state index in [-0.39, 0.29) is 12.5 Å². The highest BCUT2D eigenvalue weighted by atomic mass is 32.2. The molecule has 2 aromatic heterocycles. The number of imidazole rings is 1. The van der Waals surface area contributed by atoms with E-state index in [9.17, 15) is 13.6 Å². The number of carbonyl (C=O) groups is 1. The highest BCUT2D eigenvalue weighted by Gasteiger charge is 2.21. The van der Waals surface area contributed by atoms with Crippen LogP contribution < -0.4 is 5.73 Å². The smallest absolute Gasteiger partial charge is 0.404 e. The first-order chi connectivity index (χ1) is 15.3. The molecule has 9 heteroatoms. The van der Waals surface area contributed by atoms with Crippen LogP contribution in [0.15, 0.2) is 52.6 Å². The van der Waals surface area contributed by atoms with Gasteiger partial charge in [0.1, 0.15) is 22.5 Å². The fourth-order valence-corrected chi connectivity index (χ4v) is 4.56. The van der Waals surface area contributed by atoms with Crippen molar-refractivity contribution in [3.8, 4) is 0 Å². The molecule has 0 bridgehead atoms. The first kappa shape index (κ1) is 23.7. The third-order valence-corrected chi connectivity index (χ3v) is 5.88. The van der Waals surface area contributed by atoms with E-state index < -0.39 is 17.7 Å². The number of primary amides is 1. The monoisotopic (exact) mass is 460 g/mol. The normalized spacial score (nSPS) is 11.2. The fraction of sp³-hybridized carbons (Fsp3) is 0.348. The van der Waals surface area contributed by atoms with Gasteiger partial charge in [-0.2, -0.15) is 0 Å². The first-order valence-corrected chi connectivity index (χ1v) is 11.2. The lowest BCUT2D eigenvalue weighted by atomic mass is 10.1. The van der Waals surface area contributed by atoms with E-state index in [1.807, 2.05) is 26.0 Å². The number of benzene rings is 1. The Morgan fingerprint density at radius 2 is 1.84 bits per heavy atom. The van der Waals surface area contributed by atoms with E-state index in [0.717, 1.165) is 34.6 Å². The van der Waals surface area contributed by atoms with Gasteiger partial charge >= 0.3 is 6.09 Å². The van der Waals surface area contributed by atoms with Gasteiger partial charge in [-0.3, -0.25) is 4.98 Å². The lowest BCUT2D eigenvalue weighted by molar-refractivity contribution is 0.155. The number of amides is 1. The number of hydrogen-bond acceptors (Lipinski definition) is 5. The van der Waals surface area contributed by atoms with Crippen LogP contribution in [0.3, 0.4) is 0 Å². The number of rotatable bonds is 10. The minimum absolute atomic E-state index is 0.110. The minimum atomic E-state index is -0.807. The number of aryl methyl sites for hydroxylation is 2. The Labute approximate surface area is 190 Å². The molecule has 1 aromatic carbocycles. The summed E-state index contributed by atoms with van der Waals surface area (Å²) in [7, 11) is 0. The van der Waals surface area contributed by atoms with E-state index >= 15 is 0 Å². The second-order valence-corrected chi connectivity index (χ2v) is 8.67. The van der Waals surface area contributed by atoms with E-state index in [4.69, 9.17) is 15.5 Å². The number of ether oxygens (including phenoxy) is 1. The van der Waals surface area contributed by atoms with E-state index in [2.05, 4.69) is 9.55 Å². The SMILES string of the molecule is CC(C)c1nc(CCCOC(N)=O)n(CCc2ccncc2)c1Sc1cc(F)cc(F)c1. The van der Waals surface area contributed by atoms with Crippen LogP contribution in [0.5, 0.6) is 0 Å². The molecule has 6 nitrogen and oxygen atoms in total. The minimum Gasteiger partial charge on any atom is -0.450 e. The molecule has 2 N–H and O–H groups in total. The van der Waals surface area contributed by atoms with Crippen LogP contribution in [0.4, 0.5) is 13.6 Å². The summed E-state index contributed by atoms with van der Waals surface area (Å²) >= 11 is 1.30. The summed E-state index contributed by atoms with van der Waals surface area (Å²) in [5.74, 6) is -0.301. The molecule has 0 saturated heterocycles. The molecule has 0 aliphatic rings. The molecule has 1 amide bonds. The van der Waals surface area contributed by atoms with Crippen LogP contribution in [0.1, 0.15) is 43.3 Å². The third-order valence-electron chi connectivity index (χ3n) is 4.79. The topological polar surface area (TPSA) is 83.0 Å². The van der Waals surface area contributed by atoms with Gasteiger partial charge in [-0.15, -0.1) is 0 Å². The molecular formula is C23H26F2N4O2S. The highest BCUT2D eigenvalue weighted by molar-refractivity contribution is 7.99. The lowest BCUT2D eigenvalue weighted by Gasteiger charge is -2.14. The van der Waals surface area contributed by atoms with Gasteiger partial charge in [0.2, 0.25) is 0 Å². The number of nitrogens with two attached hydrogens (primary N) is 1. The Morgan fingerprint density at radius 3 is 2.47 bits per heavy atom. The van der Waals surface area contributed by atoms with Gasteiger partial charge < -0.3 is 15.0 Å². The Balaban J connectivity index is 1.93. The largest absolute Gasteiger partial charge is 0.450 e. The van der Waals surface area contributed by atoms with Gasteiger partial charge in [0.15, 0.2) is 0 Å². The molecule has 2 heterocycles. The molecule has 3 rings (SSSR count). The molecule has 170 valence electrons. The molecule has 0 unspecified atom stereocenters. The Kier molecular flexibility index (Phi) is 8.21. The summed E-state index contributed by atoms with van der Waals surface area (Å²) < 4.78 is 34.5. The van der Waals surface area contributed by atoms with Gasteiger partial charge in [0.05, 0.1) is 12.3 Å². The molecule has 0 aliphatic carbocycles. The van der Waals surface area contributed by atoms with Gasteiger partial charge in [0.25, 0.3) is 0 Å². The number of pyridine rings is 1. The van der Waals surface area contributed by atoms with Crippen LogP contribution in [0.25, 0.3) is 0 Å². The summed E-state index contributed by atoms with van der Waals surface area (Å²) in [5, 5.41) is 0.852. The maximum atomic E-state index is 13.8. The molecule has 32 heavy (non-hydrogen) atoms. The zero-order valence-corrected chi connectivity index (χ0v) is 18.9. The summed E-state index contributed by atoms with van der Waals surface area (Å²) in [5.41, 5.74) is 7.02. The Morgan fingerprint density at radius 1 is 1.16 bits per heavy atom. The second-order valence-electron chi connectivity index (χ2n) is 7.61. The zero-order valence-electron chi connectivity index (χ0n) is 18.1. The average molecular weight is 461 g/mol. The van der Waals surface area contributed by atoms with Crippen LogP contribution in [-0.2, 0) is 24.1 Å². The van der Waals surface area contributed by atoms with Crippen LogP contribution in [0.2, 0.25) is 0 Å². The number of nitrogens with zero attached hydrogens (tertiary/aromatic N) is 3. The maximum absolute atomic E-state index is 13.8. The number of carbonyl (C=O) groups excluding carboxylic acids is 1. The van der Waals surface area contributed by atoms with Crippen LogP contribution >= 0.6 is 11.8 Å². The standard InChI is InChI=1S/C23H26F2N4O2S/c1-15(2)21-22(32-19-13-17(24)12-18(25)14-19)29(10-7-16-5-8-27-9-6-16)20(28-21)4-3-11-31-23(26)30/h5-6,8-9,12-15H,3-4,7,10-11H2,1-2H3,(H2,26,30). The van der Waals surface area contributed by atoms with E-state index in [1.165, 1.54) is 23.9 Å². The Hall–Kier alpha value is -2.94. The first-order valence-electron chi connectivity index (χ1n) is 10.4. The van der Waals surface area contributed by atoms with Gasteiger partial charge in [-0.25, -0.2) is 18.6 Å². The molecule has 0 atom stereocenters. The van der Waals surface area contributed by atoms with Crippen molar-refractivity contribution in [2.45, 2.75) is 55.5 Å². The third kappa shape index (κ3) is 6.53. The summed E-state index contributed by atoms with van der Waals surface area (Å²) in [6.45, 7) is 4.90. The van der Waals surface area contributed by atoms with Crippen LogP contribution in [-0.4, -0.2) is 27.2 Å². The van der Waals surface area contributed by atoms with Crippen molar-refractivity contribution in [3.05, 3.63) is 71.4 Å². The van der Waals surface area contributed by atoms with E-state index in [0.29, 0.717) is 24.3 Å². The van der Waals surface area contributed by atoms with Crippen molar-refractivity contribution in [1.82, 2.24) is 14.5 Å². The molecular weight excluding hydrogens is 434 g/mol. The van der Waals surface area contributed by atoms with E-state index in [1.54, 1.807) is 12.4 Å². The number of aromatic nitrogens is 3. The molecule has 0 radical (unpaired) electrons.